The summed E-state index contributed by atoms with van der Waals surface area (Å²) in [6, 6.07) is 14.5. The van der Waals surface area contributed by atoms with Gasteiger partial charge in [0.15, 0.2) is 0 Å². The van der Waals surface area contributed by atoms with Gasteiger partial charge in [0.25, 0.3) is 0 Å². The number of carbonyl (C=O) groups excluding carboxylic acids is 1. The highest BCUT2D eigenvalue weighted by Crippen LogP contribution is 2.20. The smallest absolute Gasteiger partial charge is 0.220 e. The summed E-state index contributed by atoms with van der Waals surface area (Å²) in [5.41, 5.74) is 3.33. The van der Waals surface area contributed by atoms with E-state index in [1.54, 1.807) is 12.1 Å². The van der Waals surface area contributed by atoms with E-state index in [0.29, 0.717) is 12.8 Å². The molecule has 1 amide bonds. The van der Waals surface area contributed by atoms with E-state index in [4.69, 9.17) is 0 Å². The molecule has 0 spiro atoms. The van der Waals surface area contributed by atoms with E-state index >= 15 is 0 Å². The Bertz CT molecular complexity index is 622. The first-order valence-electron chi connectivity index (χ1n) is 7.69. The van der Waals surface area contributed by atoms with Crippen molar-refractivity contribution in [3.05, 3.63) is 71.0 Å². The molecule has 0 heterocycles. The summed E-state index contributed by atoms with van der Waals surface area (Å²) in [4.78, 5) is 12.2. The summed E-state index contributed by atoms with van der Waals surface area (Å²) in [6.45, 7) is 4.13. The van der Waals surface area contributed by atoms with Gasteiger partial charge in [0.2, 0.25) is 5.91 Å². The van der Waals surface area contributed by atoms with Crippen molar-refractivity contribution in [1.29, 1.82) is 0 Å². The number of benzene rings is 2. The van der Waals surface area contributed by atoms with Crippen LogP contribution in [0.1, 0.15) is 42.5 Å². The average Bonchev–Trinajstić information content (AvgIpc) is 2.53. The largest absolute Gasteiger partial charge is 0.349 e. The lowest BCUT2D eigenvalue weighted by atomic mass is 9.99. The lowest BCUT2D eigenvalue weighted by Crippen LogP contribution is -2.28. The second-order valence-corrected chi connectivity index (χ2v) is 5.51. The Hall–Kier alpha value is -2.16. The first-order valence-corrected chi connectivity index (χ1v) is 7.69. The van der Waals surface area contributed by atoms with Gasteiger partial charge < -0.3 is 5.32 Å². The normalized spacial score (nSPS) is 12.0. The van der Waals surface area contributed by atoms with E-state index in [2.05, 4.69) is 31.3 Å². The number of aryl methyl sites for hydroxylation is 2. The number of nitrogens with one attached hydrogen (secondary N) is 1. The molecule has 2 aromatic carbocycles. The Morgan fingerprint density at radius 1 is 1.14 bits per heavy atom. The number of carbonyl (C=O) groups is 1. The Kier molecular flexibility index (Phi) is 5.70. The molecule has 0 saturated heterocycles. The van der Waals surface area contributed by atoms with Crippen molar-refractivity contribution < 1.29 is 9.18 Å². The molecular weight excluding hydrogens is 277 g/mol. The summed E-state index contributed by atoms with van der Waals surface area (Å²) in [7, 11) is 0. The zero-order valence-electron chi connectivity index (χ0n) is 13.1. The molecule has 1 atom stereocenters. The molecule has 0 aromatic heterocycles. The number of hydrogen-bond donors (Lipinski definition) is 1. The topological polar surface area (TPSA) is 29.1 Å². The second-order valence-electron chi connectivity index (χ2n) is 5.51. The van der Waals surface area contributed by atoms with Crippen LogP contribution in [0.25, 0.3) is 0 Å². The monoisotopic (exact) mass is 299 g/mol. The SMILES string of the molecule is CCC(NC(=O)CCc1ccc(F)cc1)c1ccccc1C. The van der Waals surface area contributed by atoms with E-state index in [0.717, 1.165) is 12.0 Å². The third-order valence-corrected chi connectivity index (χ3v) is 3.86. The van der Waals surface area contributed by atoms with Crippen LogP contribution in [0, 0.1) is 12.7 Å². The van der Waals surface area contributed by atoms with Crippen LogP contribution in [0.2, 0.25) is 0 Å². The van der Waals surface area contributed by atoms with E-state index in [1.165, 1.54) is 23.3 Å². The van der Waals surface area contributed by atoms with Crippen molar-refractivity contribution in [3.8, 4) is 0 Å². The van der Waals surface area contributed by atoms with Gasteiger partial charge in [0.05, 0.1) is 6.04 Å². The Balaban J connectivity index is 1.92. The first-order chi connectivity index (χ1) is 10.6. The van der Waals surface area contributed by atoms with Gasteiger partial charge in [-0.3, -0.25) is 4.79 Å². The minimum Gasteiger partial charge on any atom is -0.349 e. The molecule has 3 heteroatoms. The molecule has 1 N–H and O–H groups in total. The van der Waals surface area contributed by atoms with Gasteiger partial charge in [-0.15, -0.1) is 0 Å². The number of hydrogen-bond acceptors (Lipinski definition) is 1. The molecule has 2 nitrogen and oxygen atoms in total. The van der Waals surface area contributed by atoms with E-state index < -0.39 is 0 Å². The quantitative estimate of drug-likeness (QED) is 0.845. The van der Waals surface area contributed by atoms with Crippen molar-refractivity contribution in [2.45, 2.75) is 39.2 Å². The summed E-state index contributed by atoms with van der Waals surface area (Å²) in [5.74, 6) is -0.224. The molecule has 0 aliphatic heterocycles. The standard InChI is InChI=1S/C19H22FNO/c1-3-18(17-7-5-4-6-14(17)2)21-19(22)13-10-15-8-11-16(20)12-9-15/h4-9,11-12,18H,3,10,13H2,1-2H3,(H,21,22). The fraction of sp³-hybridized carbons (Fsp3) is 0.316. The van der Waals surface area contributed by atoms with Crippen LogP contribution in [-0.2, 0) is 11.2 Å². The van der Waals surface area contributed by atoms with Crippen LogP contribution in [0.5, 0.6) is 0 Å². The molecule has 0 aliphatic carbocycles. The number of halogens is 1. The predicted molar refractivity (Wildman–Crippen MR) is 87.1 cm³/mol. The zero-order chi connectivity index (χ0) is 15.9. The highest BCUT2D eigenvalue weighted by molar-refractivity contribution is 5.76. The van der Waals surface area contributed by atoms with Gasteiger partial charge in [-0.1, -0.05) is 43.3 Å². The molecule has 0 radical (unpaired) electrons. The van der Waals surface area contributed by atoms with Gasteiger partial charge in [0, 0.05) is 6.42 Å². The summed E-state index contributed by atoms with van der Waals surface area (Å²) < 4.78 is 12.8. The van der Waals surface area contributed by atoms with Crippen molar-refractivity contribution >= 4 is 5.91 Å². The van der Waals surface area contributed by atoms with Crippen molar-refractivity contribution in [1.82, 2.24) is 5.32 Å². The predicted octanol–water partition coefficient (Wildman–Crippen LogP) is 4.33. The number of amides is 1. The fourth-order valence-electron chi connectivity index (χ4n) is 2.55. The van der Waals surface area contributed by atoms with Crippen LogP contribution in [0.4, 0.5) is 4.39 Å². The third-order valence-electron chi connectivity index (χ3n) is 3.86. The lowest BCUT2D eigenvalue weighted by molar-refractivity contribution is -0.121. The van der Waals surface area contributed by atoms with Gasteiger partial charge in [-0.25, -0.2) is 4.39 Å². The summed E-state index contributed by atoms with van der Waals surface area (Å²) in [5, 5.41) is 3.09. The fourth-order valence-corrected chi connectivity index (χ4v) is 2.55. The Morgan fingerprint density at radius 3 is 2.45 bits per heavy atom. The van der Waals surface area contributed by atoms with Crippen molar-refractivity contribution in [2.75, 3.05) is 0 Å². The summed E-state index contributed by atoms with van der Waals surface area (Å²) >= 11 is 0. The molecule has 2 aromatic rings. The highest BCUT2D eigenvalue weighted by Gasteiger charge is 2.14. The van der Waals surface area contributed by atoms with Crippen LogP contribution >= 0.6 is 0 Å². The molecule has 22 heavy (non-hydrogen) atoms. The maximum absolute atomic E-state index is 12.8. The van der Waals surface area contributed by atoms with Gasteiger partial charge in [0.1, 0.15) is 5.82 Å². The van der Waals surface area contributed by atoms with Crippen molar-refractivity contribution in [2.24, 2.45) is 0 Å². The second kappa shape index (κ2) is 7.74. The third kappa shape index (κ3) is 4.42. The summed E-state index contributed by atoms with van der Waals surface area (Å²) in [6.07, 6.45) is 1.89. The molecule has 0 aliphatic rings. The lowest BCUT2D eigenvalue weighted by Gasteiger charge is -2.19. The first kappa shape index (κ1) is 16.2. The maximum Gasteiger partial charge on any atom is 0.220 e. The van der Waals surface area contributed by atoms with E-state index in [1.807, 2.05) is 12.1 Å². The molecular formula is C19H22FNO. The Labute approximate surface area is 131 Å². The highest BCUT2D eigenvalue weighted by atomic mass is 19.1. The van der Waals surface area contributed by atoms with Gasteiger partial charge >= 0.3 is 0 Å². The molecule has 2 rings (SSSR count). The minimum absolute atomic E-state index is 0.0272. The molecule has 0 saturated carbocycles. The van der Waals surface area contributed by atoms with Gasteiger partial charge in [-0.05, 0) is 48.6 Å². The Morgan fingerprint density at radius 2 is 1.82 bits per heavy atom. The molecule has 0 fully saturated rings. The molecule has 1 unspecified atom stereocenters. The van der Waals surface area contributed by atoms with Crippen molar-refractivity contribution in [3.63, 3.8) is 0 Å². The number of rotatable bonds is 6. The zero-order valence-corrected chi connectivity index (χ0v) is 13.1. The average molecular weight is 299 g/mol. The van der Waals surface area contributed by atoms with Crippen LogP contribution < -0.4 is 5.32 Å². The maximum atomic E-state index is 12.8. The van der Waals surface area contributed by atoms with Gasteiger partial charge in [-0.2, -0.15) is 0 Å². The van der Waals surface area contributed by atoms with Crippen LogP contribution in [0.3, 0.4) is 0 Å². The molecule has 116 valence electrons. The van der Waals surface area contributed by atoms with Crippen LogP contribution in [-0.4, -0.2) is 5.91 Å². The molecule has 0 bridgehead atoms. The van der Waals surface area contributed by atoms with E-state index in [9.17, 15) is 9.18 Å². The van der Waals surface area contributed by atoms with Crippen LogP contribution in [0.15, 0.2) is 48.5 Å². The minimum atomic E-state index is -0.251. The van der Waals surface area contributed by atoms with E-state index in [-0.39, 0.29) is 17.8 Å².